The van der Waals surface area contributed by atoms with Crippen molar-refractivity contribution in [3.05, 3.63) is 29.8 Å². The van der Waals surface area contributed by atoms with E-state index in [2.05, 4.69) is 17.6 Å². The molecule has 1 aromatic rings. The maximum absolute atomic E-state index is 9.97. The number of aliphatic hydroxyl groups excluding tert-OH is 1. The lowest BCUT2D eigenvalue weighted by Crippen LogP contribution is -2.26. The number of aliphatic hydroxyl groups is 1. The Hall–Kier alpha value is -1.87. The third kappa shape index (κ3) is 17.3. The summed E-state index contributed by atoms with van der Waals surface area (Å²) in [5, 5.41) is 22.1. The molecule has 1 atom stereocenters. The van der Waals surface area contributed by atoms with Gasteiger partial charge in [0, 0.05) is 19.6 Å². The SMILES string of the molecule is CN(C)CCOCCNC(=O)O.COc1ccc(C)cc1.OC1CCNC1. The number of nitrogens with zero attached hydrogens (tertiary/aromatic N) is 1. The summed E-state index contributed by atoms with van der Waals surface area (Å²) in [5.41, 5.74) is 1.26. The van der Waals surface area contributed by atoms with Crippen LogP contribution in [0.25, 0.3) is 0 Å². The zero-order valence-electron chi connectivity index (χ0n) is 16.9. The lowest BCUT2D eigenvalue weighted by Gasteiger charge is -2.09. The lowest BCUT2D eigenvalue weighted by atomic mass is 10.2. The van der Waals surface area contributed by atoms with Gasteiger partial charge in [-0.25, -0.2) is 4.79 Å². The number of aryl methyl sites for hydroxylation is 1. The van der Waals surface area contributed by atoms with Crippen molar-refractivity contribution in [2.75, 3.05) is 60.6 Å². The third-order valence-corrected chi connectivity index (χ3v) is 3.50. The van der Waals surface area contributed by atoms with Crippen LogP contribution < -0.4 is 15.4 Å². The van der Waals surface area contributed by atoms with E-state index in [0.29, 0.717) is 19.8 Å². The first-order chi connectivity index (χ1) is 12.8. The molecule has 0 radical (unpaired) electrons. The van der Waals surface area contributed by atoms with Gasteiger partial charge in [0.15, 0.2) is 0 Å². The second-order valence-electron chi connectivity index (χ2n) is 6.31. The zero-order valence-corrected chi connectivity index (χ0v) is 16.9. The number of carboxylic acid groups (broad SMARTS) is 1. The quantitative estimate of drug-likeness (QED) is 0.523. The number of methoxy groups -OCH3 is 1. The number of amides is 1. The Bertz CT molecular complexity index is 477. The van der Waals surface area contributed by atoms with Crippen LogP contribution in [0.2, 0.25) is 0 Å². The smallest absolute Gasteiger partial charge is 0.404 e. The molecule has 1 aliphatic rings. The second-order valence-corrected chi connectivity index (χ2v) is 6.31. The van der Waals surface area contributed by atoms with Crippen LogP contribution in [0.15, 0.2) is 24.3 Å². The van der Waals surface area contributed by atoms with Gasteiger partial charge < -0.3 is 35.2 Å². The number of hydrogen-bond donors (Lipinski definition) is 4. The van der Waals surface area contributed by atoms with Crippen LogP contribution in [0.5, 0.6) is 5.75 Å². The molecule has 1 unspecified atom stereocenters. The molecule has 0 bridgehead atoms. The highest BCUT2D eigenvalue weighted by Crippen LogP contribution is 2.09. The highest BCUT2D eigenvalue weighted by molar-refractivity contribution is 5.64. The van der Waals surface area contributed by atoms with E-state index < -0.39 is 6.09 Å². The Balaban J connectivity index is 0.000000395. The van der Waals surface area contributed by atoms with E-state index in [-0.39, 0.29) is 6.10 Å². The number of β-amino-alcohol motifs (C(OH)–C–C–N with tert-alkyl or cyclic N) is 1. The van der Waals surface area contributed by atoms with Gasteiger partial charge in [-0.2, -0.15) is 0 Å². The number of rotatable bonds is 7. The van der Waals surface area contributed by atoms with Gasteiger partial charge in [0.05, 0.1) is 26.4 Å². The van der Waals surface area contributed by atoms with Crippen molar-refractivity contribution in [2.45, 2.75) is 19.4 Å². The van der Waals surface area contributed by atoms with Crippen LogP contribution in [0.4, 0.5) is 4.79 Å². The maximum Gasteiger partial charge on any atom is 0.404 e. The molecule has 1 saturated heterocycles. The fourth-order valence-electron chi connectivity index (χ4n) is 1.89. The third-order valence-electron chi connectivity index (χ3n) is 3.50. The Kier molecular flexibility index (Phi) is 15.2. The van der Waals surface area contributed by atoms with E-state index in [1.54, 1.807) is 7.11 Å². The molecule has 0 spiro atoms. The summed E-state index contributed by atoms with van der Waals surface area (Å²) < 4.78 is 10.1. The van der Waals surface area contributed by atoms with E-state index in [9.17, 15) is 4.79 Å². The number of nitrogens with one attached hydrogen (secondary N) is 2. The molecule has 0 aliphatic carbocycles. The Labute approximate surface area is 162 Å². The van der Waals surface area contributed by atoms with Crippen LogP contribution in [0, 0.1) is 6.92 Å². The highest BCUT2D eigenvalue weighted by Gasteiger charge is 2.08. The molecule has 2 rings (SSSR count). The van der Waals surface area contributed by atoms with Crippen LogP contribution in [0.1, 0.15) is 12.0 Å². The van der Waals surface area contributed by atoms with Crippen LogP contribution in [-0.4, -0.2) is 87.9 Å². The van der Waals surface area contributed by atoms with E-state index in [1.807, 2.05) is 43.3 Å². The van der Waals surface area contributed by atoms with Gasteiger partial charge in [-0.3, -0.25) is 0 Å². The molecule has 1 heterocycles. The van der Waals surface area contributed by atoms with E-state index in [0.717, 1.165) is 31.8 Å². The predicted molar refractivity (Wildman–Crippen MR) is 107 cm³/mol. The fraction of sp³-hybridized carbons (Fsp3) is 0.632. The minimum Gasteiger partial charge on any atom is -0.497 e. The topological polar surface area (TPSA) is 103 Å². The number of benzene rings is 1. The molecular formula is C19H35N3O5. The van der Waals surface area contributed by atoms with Gasteiger partial charge in [-0.1, -0.05) is 17.7 Å². The average Bonchev–Trinajstić information content (AvgIpc) is 3.10. The molecule has 4 N–H and O–H groups in total. The molecule has 1 amide bonds. The summed E-state index contributed by atoms with van der Waals surface area (Å²) in [6, 6.07) is 7.96. The van der Waals surface area contributed by atoms with Crippen LogP contribution in [-0.2, 0) is 4.74 Å². The zero-order chi connectivity index (χ0) is 20.5. The van der Waals surface area contributed by atoms with Gasteiger partial charge in [0.2, 0.25) is 0 Å². The number of hydrogen-bond acceptors (Lipinski definition) is 6. The minimum atomic E-state index is -1.01. The summed E-state index contributed by atoms with van der Waals surface area (Å²) in [4.78, 5) is 12.0. The number of likely N-dealkylation sites (N-methyl/N-ethyl adjacent to an activating group) is 1. The van der Waals surface area contributed by atoms with Crippen molar-refractivity contribution < 1.29 is 24.5 Å². The largest absolute Gasteiger partial charge is 0.497 e. The molecule has 0 saturated carbocycles. The first-order valence-electron chi connectivity index (χ1n) is 9.03. The Morgan fingerprint density at radius 3 is 2.37 bits per heavy atom. The number of ether oxygens (including phenoxy) is 2. The second kappa shape index (κ2) is 16.3. The van der Waals surface area contributed by atoms with Gasteiger partial charge in [-0.05, 0) is 46.1 Å². The first-order valence-corrected chi connectivity index (χ1v) is 9.03. The Morgan fingerprint density at radius 2 is 1.96 bits per heavy atom. The summed E-state index contributed by atoms with van der Waals surface area (Å²) in [7, 11) is 5.59. The average molecular weight is 386 g/mol. The lowest BCUT2D eigenvalue weighted by molar-refractivity contribution is 0.117. The van der Waals surface area contributed by atoms with Crippen molar-refractivity contribution in [3.63, 3.8) is 0 Å². The monoisotopic (exact) mass is 385 g/mol. The van der Waals surface area contributed by atoms with E-state index >= 15 is 0 Å². The minimum absolute atomic E-state index is 0.0648. The molecule has 27 heavy (non-hydrogen) atoms. The van der Waals surface area contributed by atoms with Crippen molar-refractivity contribution >= 4 is 6.09 Å². The summed E-state index contributed by atoms with van der Waals surface area (Å²) in [5.74, 6) is 0.917. The summed E-state index contributed by atoms with van der Waals surface area (Å²) in [6.07, 6.45) is -0.142. The molecule has 0 aromatic heterocycles. The molecular weight excluding hydrogens is 350 g/mol. The first kappa shape index (κ1) is 25.1. The summed E-state index contributed by atoms with van der Waals surface area (Å²) in [6.45, 7) is 6.10. The van der Waals surface area contributed by atoms with Gasteiger partial charge in [-0.15, -0.1) is 0 Å². The predicted octanol–water partition coefficient (Wildman–Crippen LogP) is 1.18. The van der Waals surface area contributed by atoms with Crippen molar-refractivity contribution in [3.8, 4) is 5.75 Å². The fourth-order valence-corrected chi connectivity index (χ4v) is 1.89. The molecule has 8 heteroatoms. The van der Waals surface area contributed by atoms with Crippen LogP contribution >= 0.6 is 0 Å². The standard InChI is InChI=1S/C8H10O.C7H16N2O3.C4H9NO/c1-7-3-5-8(9-2)6-4-7;1-9(2)4-6-12-5-3-8-7(10)11;6-4-1-2-5-3-4/h3-6H,1-2H3;8H,3-6H2,1-2H3,(H,10,11);4-6H,1-3H2. The van der Waals surface area contributed by atoms with E-state index in [1.165, 1.54) is 5.56 Å². The van der Waals surface area contributed by atoms with Crippen molar-refractivity contribution in [1.29, 1.82) is 0 Å². The van der Waals surface area contributed by atoms with Gasteiger partial charge in [0.25, 0.3) is 0 Å². The molecule has 156 valence electrons. The summed E-state index contributed by atoms with van der Waals surface area (Å²) >= 11 is 0. The van der Waals surface area contributed by atoms with E-state index in [4.69, 9.17) is 19.7 Å². The van der Waals surface area contributed by atoms with Crippen molar-refractivity contribution in [2.24, 2.45) is 0 Å². The molecule has 1 fully saturated rings. The highest BCUT2D eigenvalue weighted by atomic mass is 16.5. The maximum atomic E-state index is 9.97. The van der Waals surface area contributed by atoms with Crippen LogP contribution in [0.3, 0.4) is 0 Å². The Morgan fingerprint density at radius 1 is 1.30 bits per heavy atom. The van der Waals surface area contributed by atoms with Crippen molar-refractivity contribution in [1.82, 2.24) is 15.5 Å². The van der Waals surface area contributed by atoms with Gasteiger partial charge >= 0.3 is 6.09 Å². The van der Waals surface area contributed by atoms with Gasteiger partial charge in [0.1, 0.15) is 5.75 Å². The number of carbonyl (C=O) groups is 1. The molecule has 1 aromatic carbocycles. The molecule has 8 nitrogen and oxygen atoms in total. The molecule has 1 aliphatic heterocycles. The normalized spacial score (nSPS) is 15.3.